The van der Waals surface area contributed by atoms with Gasteiger partial charge in [0.25, 0.3) is 5.91 Å². The number of carbonyl (C=O) groups is 1. The average molecular weight is 334 g/mol. The summed E-state index contributed by atoms with van der Waals surface area (Å²) in [5.41, 5.74) is 3.92. The molecule has 0 aliphatic heterocycles. The van der Waals surface area contributed by atoms with Crippen LogP contribution in [0.25, 0.3) is 0 Å². The van der Waals surface area contributed by atoms with Crippen LogP contribution in [0.4, 0.5) is 5.69 Å². The number of carbonyl (C=O) groups excluding carboxylic acids is 1. The number of anilines is 1. The zero-order chi connectivity index (χ0) is 17.6. The molecule has 25 heavy (non-hydrogen) atoms. The molecule has 0 spiro atoms. The molecule has 2 aromatic carbocycles. The van der Waals surface area contributed by atoms with Crippen LogP contribution in [0.5, 0.6) is 0 Å². The van der Waals surface area contributed by atoms with Gasteiger partial charge in [-0.3, -0.25) is 9.48 Å². The summed E-state index contributed by atoms with van der Waals surface area (Å²) in [5.74, 6) is -0.115. The lowest BCUT2D eigenvalue weighted by molar-refractivity contribution is 0.0951. The summed E-state index contributed by atoms with van der Waals surface area (Å²) in [6, 6.07) is 18.2. The first-order valence-electron chi connectivity index (χ1n) is 8.22. The van der Waals surface area contributed by atoms with E-state index in [1.54, 1.807) is 17.1 Å². The lowest BCUT2D eigenvalue weighted by Crippen LogP contribution is -2.22. The van der Waals surface area contributed by atoms with Crippen molar-refractivity contribution in [2.75, 3.05) is 19.0 Å². The second-order valence-electron chi connectivity index (χ2n) is 6.16. The number of benzene rings is 2. The summed E-state index contributed by atoms with van der Waals surface area (Å²) in [6.07, 6.45) is 3.38. The predicted octanol–water partition coefficient (Wildman–Crippen LogP) is 2.93. The van der Waals surface area contributed by atoms with Crippen molar-refractivity contribution in [1.82, 2.24) is 15.1 Å². The highest BCUT2D eigenvalue weighted by Gasteiger charge is 2.08. The number of nitrogens with one attached hydrogen (secondary N) is 1. The third-order valence-corrected chi connectivity index (χ3v) is 3.99. The monoisotopic (exact) mass is 334 g/mol. The maximum Gasteiger partial charge on any atom is 0.254 e. The van der Waals surface area contributed by atoms with Gasteiger partial charge in [-0.2, -0.15) is 5.10 Å². The van der Waals surface area contributed by atoms with Crippen molar-refractivity contribution in [2.45, 2.75) is 13.1 Å². The molecular weight excluding hydrogens is 312 g/mol. The zero-order valence-corrected chi connectivity index (χ0v) is 14.5. The molecule has 0 aliphatic rings. The van der Waals surface area contributed by atoms with Gasteiger partial charge in [0.05, 0.1) is 18.3 Å². The number of aromatic nitrogens is 2. The summed E-state index contributed by atoms with van der Waals surface area (Å²) in [7, 11) is 4.01. The molecule has 0 atom stereocenters. The van der Waals surface area contributed by atoms with Gasteiger partial charge in [0.1, 0.15) is 0 Å². The zero-order valence-electron chi connectivity index (χ0n) is 14.5. The van der Waals surface area contributed by atoms with Gasteiger partial charge in [0.2, 0.25) is 0 Å². The summed E-state index contributed by atoms with van der Waals surface area (Å²) in [4.78, 5) is 14.3. The van der Waals surface area contributed by atoms with Gasteiger partial charge in [0.15, 0.2) is 0 Å². The van der Waals surface area contributed by atoms with Crippen LogP contribution in [0.2, 0.25) is 0 Å². The van der Waals surface area contributed by atoms with E-state index >= 15 is 0 Å². The van der Waals surface area contributed by atoms with Gasteiger partial charge in [-0.25, -0.2) is 0 Å². The highest BCUT2D eigenvalue weighted by atomic mass is 16.1. The van der Waals surface area contributed by atoms with Crippen LogP contribution < -0.4 is 10.2 Å². The number of hydrogen-bond donors (Lipinski definition) is 1. The van der Waals surface area contributed by atoms with E-state index in [-0.39, 0.29) is 5.91 Å². The Labute approximate surface area is 147 Å². The molecular formula is C20H22N4O. The van der Waals surface area contributed by atoms with Crippen molar-refractivity contribution in [3.05, 3.63) is 83.7 Å². The maximum atomic E-state index is 12.3. The van der Waals surface area contributed by atoms with Crippen LogP contribution >= 0.6 is 0 Å². The molecule has 1 aromatic heterocycles. The van der Waals surface area contributed by atoms with Crippen LogP contribution in [0, 0.1) is 0 Å². The SMILES string of the molecule is CN(C)c1ccc(CNC(=O)c2cnn(Cc3ccccc3)c2)cc1. The van der Waals surface area contributed by atoms with Gasteiger partial charge in [0, 0.05) is 32.5 Å². The number of amides is 1. The molecule has 0 radical (unpaired) electrons. The van der Waals surface area contributed by atoms with E-state index in [2.05, 4.69) is 10.4 Å². The quantitative estimate of drug-likeness (QED) is 0.754. The molecule has 5 nitrogen and oxygen atoms in total. The lowest BCUT2D eigenvalue weighted by atomic mass is 10.2. The first-order valence-corrected chi connectivity index (χ1v) is 8.22. The minimum absolute atomic E-state index is 0.115. The van der Waals surface area contributed by atoms with Crippen LogP contribution in [0.1, 0.15) is 21.5 Å². The van der Waals surface area contributed by atoms with Gasteiger partial charge in [-0.15, -0.1) is 0 Å². The normalized spacial score (nSPS) is 10.5. The first kappa shape index (κ1) is 16.8. The van der Waals surface area contributed by atoms with Gasteiger partial charge < -0.3 is 10.2 Å². The summed E-state index contributed by atoms with van der Waals surface area (Å²) in [5, 5.41) is 7.20. The molecule has 1 heterocycles. The van der Waals surface area contributed by atoms with Crippen molar-refractivity contribution in [3.63, 3.8) is 0 Å². The Morgan fingerprint density at radius 3 is 2.44 bits per heavy atom. The molecule has 0 aliphatic carbocycles. The summed E-state index contributed by atoms with van der Waals surface area (Å²) < 4.78 is 1.77. The molecule has 0 fully saturated rings. The van der Waals surface area contributed by atoms with Crippen LogP contribution in [-0.4, -0.2) is 29.8 Å². The number of hydrogen-bond acceptors (Lipinski definition) is 3. The van der Waals surface area contributed by atoms with Crippen LogP contribution in [-0.2, 0) is 13.1 Å². The van der Waals surface area contributed by atoms with Crippen molar-refractivity contribution < 1.29 is 4.79 Å². The average Bonchev–Trinajstić information content (AvgIpc) is 3.09. The molecule has 0 unspecified atom stereocenters. The van der Waals surface area contributed by atoms with Crippen molar-refractivity contribution in [3.8, 4) is 0 Å². The summed E-state index contributed by atoms with van der Waals surface area (Å²) >= 11 is 0. The first-order chi connectivity index (χ1) is 12.1. The van der Waals surface area contributed by atoms with E-state index in [0.717, 1.165) is 16.8 Å². The standard InChI is InChI=1S/C20H22N4O/c1-23(2)19-10-8-16(9-11-19)12-21-20(25)18-13-22-24(15-18)14-17-6-4-3-5-7-17/h3-11,13,15H,12,14H2,1-2H3,(H,21,25). The molecule has 3 rings (SSSR count). The largest absolute Gasteiger partial charge is 0.378 e. The second-order valence-corrected chi connectivity index (χ2v) is 6.16. The van der Waals surface area contributed by atoms with E-state index in [0.29, 0.717) is 18.7 Å². The Bertz CT molecular complexity index is 822. The molecule has 1 amide bonds. The van der Waals surface area contributed by atoms with Gasteiger partial charge >= 0.3 is 0 Å². The smallest absolute Gasteiger partial charge is 0.254 e. The van der Waals surface area contributed by atoms with Gasteiger partial charge in [-0.05, 0) is 23.3 Å². The topological polar surface area (TPSA) is 50.2 Å². The third-order valence-electron chi connectivity index (χ3n) is 3.99. The molecule has 0 saturated heterocycles. The Morgan fingerprint density at radius 1 is 1.04 bits per heavy atom. The third kappa shape index (κ3) is 4.47. The maximum absolute atomic E-state index is 12.3. The van der Waals surface area contributed by atoms with Crippen LogP contribution in [0.3, 0.4) is 0 Å². The Kier molecular flexibility index (Phi) is 5.14. The fourth-order valence-corrected chi connectivity index (χ4v) is 2.53. The van der Waals surface area contributed by atoms with Crippen molar-refractivity contribution in [1.29, 1.82) is 0 Å². The molecule has 128 valence electrons. The fraction of sp³-hybridized carbons (Fsp3) is 0.200. The Morgan fingerprint density at radius 2 is 1.76 bits per heavy atom. The van der Waals surface area contributed by atoms with Gasteiger partial charge in [-0.1, -0.05) is 42.5 Å². The van der Waals surface area contributed by atoms with Crippen LogP contribution in [0.15, 0.2) is 67.0 Å². The molecule has 1 N–H and O–H groups in total. The minimum atomic E-state index is -0.115. The molecule has 5 heteroatoms. The molecule has 0 saturated carbocycles. The minimum Gasteiger partial charge on any atom is -0.378 e. The van der Waals surface area contributed by atoms with E-state index in [9.17, 15) is 4.79 Å². The number of rotatable bonds is 6. The highest BCUT2D eigenvalue weighted by Crippen LogP contribution is 2.12. The Hall–Kier alpha value is -3.08. The molecule has 3 aromatic rings. The highest BCUT2D eigenvalue weighted by molar-refractivity contribution is 5.93. The second kappa shape index (κ2) is 7.66. The number of nitrogens with zero attached hydrogens (tertiary/aromatic N) is 3. The fourth-order valence-electron chi connectivity index (χ4n) is 2.53. The predicted molar refractivity (Wildman–Crippen MR) is 99.7 cm³/mol. The summed E-state index contributed by atoms with van der Waals surface area (Å²) in [6.45, 7) is 1.15. The van der Waals surface area contributed by atoms with E-state index in [1.807, 2.05) is 73.6 Å². The van der Waals surface area contributed by atoms with E-state index in [1.165, 1.54) is 0 Å². The van der Waals surface area contributed by atoms with E-state index < -0.39 is 0 Å². The Balaban J connectivity index is 1.56. The van der Waals surface area contributed by atoms with Crippen molar-refractivity contribution in [2.24, 2.45) is 0 Å². The van der Waals surface area contributed by atoms with Crippen molar-refractivity contribution >= 4 is 11.6 Å². The molecule has 0 bridgehead atoms. The lowest BCUT2D eigenvalue weighted by Gasteiger charge is -2.12. The van der Waals surface area contributed by atoms with E-state index in [4.69, 9.17) is 0 Å².